The fourth-order valence-electron chi connectivity index (χ4n) is 1.14. The molecule has 2 radical (unpaired) electrons. The van der Waals surface area contributed by atoms with Crippen LogP contribution >= 0.6 is 8.25 Å². The van der Waals surface area contributed by atoms with Crippen LogP contribution in [0.2, 0.25) is 0 Å². The van der Waals surface area contributed by atoms with Crippen molar-refractivity contribution in [1.82, 2.24) is 0 Å². The van der Waals surface area contributed by atoms with Crippen LogP contribution in [0.25, 0.3) is 0 Å². The number of rotatable bonds is 3. The number of aliphatic hydroxyl groups is 1. The zero-order valence-corrected chi connectivity index (χ0v) is 7.18. The van der Waals surface area contributed by atoms with Crippen LogP contribution in [0, 0.1) is 0 Å². The molecule has 0 aromatic carbocycles. The van der Waals surface area contributed by atoms with E-state index in [1.165, 1.54) is 0 Å². The normalized spacial score (nSPS) is 36.8. The molecule has 1 rings (SSSR count). The SMILES string of the molecule is [B][C@H]1CC(O[P+](=O)O)[C@@H](CO)O1. The lowest BCUT2D eigenvalue weighted by Gasteiger charge is -2.09. The van der Waals surface area contributed by atoms with E-state index >= 15 is 0 Å². The first-order chi connectivity index (χ1) is 5.63. The van der Waals surface area contributed by atoms with Gasteiger partial charge in [0.05, 0.1) is 6.61 Å². The van der Waals surface area contributed by atoms with Crippen molar-refractivity contribution in [2.24, 2.45) is 0 Å². The highest BCUT2D eigenvalue weighted by Crippen LogP contribution is 2.29. The summed E-state index contributed by atoms with van der Waals surface area (Å²) in [4.78, 5) is 8.42. The Hall–Kier alpha value is 0.00494. The zero-order valence-electron chi connectivity index (χ0n) is 6.29. The Bertz CT molecular complexity index is 177. The highest BCUT2D eigenvalue weighted by molar-refractivity contribution is 7.32. The lowest BCUT2D eigenvalue weighted by atomic mass is 9.96. The fourth-order valence-corrected chi connectivity index (χ4v) is 1.59. The van der Waals surface area contributed by atoms with E-state index in [9.17, 15) is 4.57 Å². The Morgan fingerprint density at radius 3 is 2.92 bits per heavy atom. The molecule has 1 aliphatic rings. The van der Waals surface area contributed by atoms with Gasteiger partial charge in [-0.2, -0.15) is 0 Å². The minimum Gasteiger partial charge on any atom is -0.394 e. The van der Waals surface area contributed by atoms with Crippen molar-refractivity contribution in [1.29, 1.82) is 0 Å². The van der Waals surface area contributed by atoms with E-state index in [0.717, 1.165) is 0 Å². The first-order valence-electron chi connectivity index (χ1n) is 3.48. The Labute approximate surface area is 72.0 Å². The third kappa shape index (κ3) is 2.50. The van der Waals surface area contributed by atoms with Crippen LogP contribution in [0.4, 0.5) is 0 Å². The van der Waals surface area contributed by atoms with Gasteiger partial charge in [0.2, 0.25) is 0 Å². The van der Waals surface area contributed by atoms with Gasteiger partial charge in [0.15, 0.2) is 0 Å². The van der Waals surface area contributed by atoms with Crippen molar-refractivity contribution in [3.63, 3.8) is 0 Å². The Morgan fingerprint density at radius 2 is 2.42 bits per heavy atom. The fraction of sp³-hybridized carbons (Fsp3) is 1.00. The summed E-state index contributed by atoms with van der Waals surface area (Å²) in [6, 6.07) is -0.526. The number of aliphatic hydroxyl groups excluding tert-OH is 1. The first-order valence-corrected chi connectivity index (χ1v) is 4.61. The zero-order chi connectivity index (χ0) is 9.14. The Kier molecular flexibility index (Phi) is 3.62. The van der Waals surface area contributed by atoms with Crippen LogP contribution < -0.4 is 0 Å². The molecule has 0 spiro atoms. The molecular formula is C5H9BO5P+. The smallest absolute Gasteiger partial charge is 0.394 e. The van der Waals surface area contributed by atoms with Crippen molar-refractivity contribution >= 4 is 16.1 Å². The average Bonchev–Trinajstić information content (AvgIpc) is 2.29. The summed E-state index contributed by atoms with van der Waals surface area (Å²) < 4.78 is 19.8. The van der Waals surface area contributed by atoms with E-state index in [0.29, 0.717) is 6.42 Å². The van der Waals surface area contributed by atoms with Crippen LogP contribution in [0.5, 0.6) is 0 Å². The molecule has 0 aliphatic carbocycles. The summed E-state index contributed by atoms with van der Waals surface area (Å²) in [6.45, 7) is -0.262. The minimum atomic E-state index is -2.66. The summed E-state index contributed by atoms with van der Waals surface area (Å²) in [7, 11) is 2.72. The molecule has 1 fully saturated rings. The van der Waals surface area contributed by atoms with Gasteiger partial charge in [-0.3, -0.25) is 0 Å². The second-order valence-corrected chi connectivity index (χ2v) is 3.20. The topological polar surface area (TPSA) is 76.0 Å². The molecule has 12 heavy (non-hydrogen) atoms. The first kappa shape index (κ1) is 10.1. The monoisotopic (exact) mass is 191 g/mol. The summed E-state index contributed by atoms with van der Waals surface area (Å²) in [5.41, 5.74) is 0. The molecule has 2 unspecified atom stereocenters. The number of hydrogen-bond donors (Lipinski definition) is 2. The summed E-state index contributed by atoms with van der Waals surface area (Å²) in [5, 5.41) is 8.73. The van der Waals surface area contributed by atoms with E-state index < -0.39 is 26.5 Å². The molecule has 4 atom stereocenters. The summed E-state index contributed by atoms with van der Waals surface area (Å²) >= 11 is 0. The van der Waals surface area contributed by atoms with Crippen molar-refractivity contribution < 1.29 is 23.8 Å². The lowest BCUT2D eigenvalue weighted by Crippen LogP contribution is -2.25. The third-order valence-corrected chi connectivity index (χ3v) is 2.09. The largest absolute Gasteiger partial charge is 0.695 e. The maximum absolute atomic E-state index is 10.3. The Balaban J connectivity index is 2.46. The van der Waals surface area contributed by atoms with Crippen molar-refractivity contribution in [3.8, 4) is 0 Å². The summed E-state index contributed by atoms with van der Waals surface area (Å²) in [5.74, 6) is 0. The van der Waals surface area contributed by atoms with Crippen LogP contribution in [0.3, 0.4) is 0 Å². The van der Waals surface area contributed by atoms with Crippen LogP contribution in [0.1, 0.15) is 6.42 Å². The molecular weight excluding hydrogens is 182 g/mol. The molecule has 0 amide bonds. The predicted molar refractivity (Wildman–Crippen MR) is 40.8 cm³/mol. The van der Waals surface area contributed by atoms with E-state index in [4.69, 9.17) is 22.6 Å². The van der Waals surface area contributed by atoms with Gasteiger partial charge in [0.25, 0.3) is 0 Å². The van der Waals surface area contributed by atoms with Gasteiger partial charge in [0, 0.05) is 10.6 Å². The molecule has 0 saturated carbocycles. The standard InChI is InChI=1S/C5H8BO5P/c6-5-1-3(11-12(8)9)4(2-7)10-5/h3-5,7H,1-2H2/p+1/t3?,4-,5-/m1/s1. The minimum absolute atomic E-state index is 0.262. The maximum atomic E-state index is 10.3. The molecule has 5 nitrogen and oxygen atoms in total. The quantitative estimate of drug-likeness (QED) is 0.455. The second-order valence-electron chi connectivity index (χ2n) is 2.51. The van der Waals surface area contributed by atoms with E-state index in [2.05, 4.69) is 4.52 Å². The Morgan fingerprint density at radius 1 is 1.75 bits per heavy atom. The van der Waals surface area contributed by atoms with Gasteiger partial charge in [-0.1, -0.05) is 0 Å². The molecule has 0 bridgehead atoms. The van der Waals surface area contributed by atoms with Crippen molar-refractivity contribution in [3.05, 3.63) is 0 Å². The van der Waals surface area contributed by atoms with Gasteiger partial charge in [0.1, 0.15) is 20.1 Å². The number of hydrogen-bond acceptors (Lipinski definition) is 4. The van der Waals surface area contributed by atoms with Gasteiger partial charge >= 0.3 is 8.25 Å². The highest BCUT2D eigenvalue weighted by atomic mass is 31.1. The van der Waals surface area contributed by atoms with Gasteiger partial charge in [-0.05, 0) is 6.42 Å². The van der Waals surface area contributed by atoms with Crippen LogP contribution in [-0.2, 0) is 13.8 Å². The number of ether oxygens (including phenoxy) is 1. The van der Waals surface area contributed by atoms with Crippen molar-refractivity contribution in [2.75, 3.05) is 6.61 Å². The second kappa shape index (κ2) is 4.30. The predicted octanol–water partition coefficient (Wildman–Crippen LogP) is -0.703. The molecule has 1 heterocycles. The van der Waals surface area contributed by atoms with E-state index in [1.807, 2.05) is 0 Å². The third-order valence-electron chi connectivity index (χ3n) is 1.63. The maximum Gasteiger partial charge on any atom is 0.695 e. The lowest BCUT2D eigenvalue weighted by molar-refractivity contribution is 0.00304. The van der Waals surface area contributed by atoms with Crippen LogP contribution in [0.15, 0.2) is 0 Å². The van der Waals surface area contributed by atoms with E-state index in [1.54, 1.807) is 0 Å². The van der Waals surface area contributed by atoms with Gasteiger partial charge < -0.3 is 9.84 Å². The molecule has 7 heteroatoms. The summed E-state index contributed by atoms with van der Waals surface area (Å²) in [6.07, 6.45) is -0.850. The van der Waals surface area contributed by atoms with Crippen molar-refractivity contribution in [2.45, 2.75) is 24.6 Å². The molecule has 0 aromatic heterocycles. The molecule has 0 aromatic rings. The highest BCUT2D eigenvalue weighted by Gasteiger charge is 2.38. The van der Waals surface area contributed by atoms with Crippen LogP contribution in [-0.4, -0.2) is 42.7 Å². The molecule has 2 N–H and O–H groups in total. The molecule has 1 saturated heterocycles. The molecule has 1 aliphatic heterocycles. The van der Waals surface area contributed by atoms with Gasteiger partial charge in [-0.25, -0.2) is 0 Å². The molecule has 66 valence electrons. The van der Waals surface area contributed by atoms with Gasteiger partial charge in [-0.15, -0.1) is 9.42 Å². The van der Waals surface area contributed by atoms with E-state index in [-0.39, 0.29) is 6.61 Å². The average molecular weight is 191 g/mol.